The monoisotopic (exact) mass is 247 g/mol. The third kappa shape index (κ3) is 2.48. The highest BCUT2D eigenvalue weighted by Gasteiger charge is 2.07. The van der Waals surface area contributed by atoms with E-state index in [1.807, 2.05) is 13.0 Å². The van der Waals surface area contributed by atoms with Gasteiger partial charge in [-0.3, -0.25) is 0 Å². The van der Waals surface area contributed by atoms with E-state index in [0.717, 1.165) is 5.56 Å². The molecule has 0 aliphatic rings. The fourth-order valence-corrected chi connectivity index (χ4v) is 1.58. The van der Waals surface area contributed by atoms with Gasteiger partial charge in [-0.2, -0.15) is 9.97 Å². The molecule has 2 rings (SSSR count). The number of nitrogens with one attached hydrogen (secondary N) is 2. The van der Waals surface area contributed by atoms with Gasteiger partial charge in [0.1, 0.15) is 17.5 Å². The Labute approximate surface area is 104 Å². The van der Waals surface area contributed by atoms with E-state index in [4.69, 9.17) is 5.73 Å². The zero-order valence-corrected chi connectivity index (χ0v) is 10.2. The van der Waals surface area contributed by atoms with Crippen molar-refractivity contribution in [2.24, 2.45) is 0 Å². The molecule has 5 nitrogen and oxygen atoms in total. The number of nitrogens with two attached hydrogens (primary N) is 1. The lowest BCUT2D eigenvalue weighted by Gasteiger charge is -2.11. The number of benzene rings is 1. The number of para-hydroxylation sites is 1. The standard InChI is InChI=1S/C12H14FN5/c1-7-4-3-5-8(13)11(7)16-10-6-9(15-2)17-12(14)18-10/h3-6H,1-2H3,(H4,14,15,16,17,18). The summed E-state index contributed by atoms with van der Waals surface area (Å²) in [7, 11) is 1.72. The number of hydrogen-bond donors (Lipinski definition) is 3. The highest BCUT2D eigenvalue weighted by molar-refractivity contribution is 5.64. The first kappa shape index (κ1) is 12.1. The molecule has 0 aliphatic carbocycles. The molecule has 6 heteroatoms. The maximum absolute atomic E-state index is 13.7. The van der Waals surface area contributed by atoms with Crippen LogP contribution in [0.1, 0.15) is 5.56 Å². The molecule has 0 saturated carbocycles. The van der Waals surface area contributed by atoms with Crippen molar-refractivity contribution in [1.29, 1.82) is 0 Å². The number of nitrogens with zero attached hydrogens (tertiary/aromatic N) is 2. The maximum atomic E-state index is 13.7. The molecule has 0 spiro atoms. The molecule has 1 aromatic carbocycles. The summed E-state index contributed by atoms with van der Waals surface area (Å²) in [6.45, 7) is 1.81. The molecule has 0 amide bonds. The average molecular weight is 247 g/mol. The highest BCUT2D eigenvalue weighted by Crippen LogP contribution is 2.23. The van der Waals surface area contributed by atoms with Crippen LogP contribution in [-0.2, 0) is 0 Å². The van der Waals surface area contributed by atoms with Gasteiger partial charge in [-0.1, -0.05) is 12.1 Å². The SMILES string of the molecule is CNc1cc(Nc2c(C)cccc2F)nc(N)n1. The van der Waals surface area contributed by atoms with Crippen molar-refractivity contribution < 1.29 is 4.39 Å². The number of halogens is 1. The number of rotatable bonds is 3. The van der Waals surface area contributed by atoms with Crippen LogP contribution in [0.25, 0.3) is 0 Å². The normalized spacial score (nSPS) is 10.2. The van der Waals surface area contributed by atoms with Gasteiger partial charge in [0.25, 0.3) is 0 Å². The van der Waals surface area contributed by atoms with Crippen LogP contribution in [0.5, 0.6) is 0 Å². The molecule has 94 valence electrons. The molecule has 0 radical (unpaired) electrons. The van der Waals surface area contributed by atoms with Crippen molar-refractivity contribution in [2.75, 3.05) is 23.4 Å². The van der Waals surface area contributed by atoms with E-state index in [1.165, 1.54) is 6.07 Å². The molecular formula is C12H14FN5. The van der Waals surface area contributed by atoms with Gasteiger partial charge in [-0.05, 0) is 18.6 Å². The Morgan fingerprint density at radius 3 is 2.61 bits per heavy atom. The number of hydrogen-bond acceptors (Lipinski definition) is 5. The summed E-state index contributed by atoms with van der Waals surface area (Å²) in [5.74, 6) is 0.801. The molecular weight excluding hydrogens is 233 g/mol. The molecule has 0 bridgehead atoms. The topological polar surface area (TPSA) is 75.9 Å². The first-order valence-electron chi connectivity index (χ1n) is 5.44. The van der Waals surface area contributed by atoms with Gasteiger partial charge in [-0.25, -0.2) is 4.39 Å². The van der Waals surface area contributed by atoms with E-state index >= 15 is 0 Å². The maximum Gasteiger partial charge on any atom is 0.223 e. The van der Waals surface area contributed by atoms with Gasteiger partial charge in [0, 0.05) is 13.1 Å². The number of anilines is 4. The largest absolute Gasteiger partial charge is 0.373 e. The zero-order valence-electron chi connectivity index (χ0n) is 10.2. The lowest BCUT2D eigenvalue weighted by molar-refractivity contribution is 0.631. The first-order valence-corrected chi connectivity index (χ1v) is 5.44. The first-order chi connectivity index (χ1) is 8.60. The van der Waals surface area contributed by atoms with Crippen LogP contribution in [0.4, 0.5) is 27.7 Å². The van der Waals surface area contributed by atoms with E-state index in [0.29, 0.717) is 17.3 Å². The van der Waals surface area contributed by atoms with Gasteiger partial charge in [-0.15, -0.1) is 0 Å². The minimum atomic E-state index is -0.335. The van der Waals surface area contributed by atoms with Crippen molar-refractivity contribution in [3.8, 4) is 0 Å². The van der Waals surface area contributed by atoms with E-state index in [-0.39, 0.29) is 11.8 Å². The summed E-state index contributed by atoms with van der Waals surface area (Å²) in [5, 5.41) is 5.77. The Hall–Kier alpha value is -2.37. The Balaban J connectivity index is 2.37. The Morgan fingerprint density at radius 1 is 1.22 bits per heavy atom. The Kier molecular flexibility index (Phi) is 3.27. The quantitative estimate of drug-likeness (QED) is 0.775. The Morgan fingerprint density at radius 2 is 1.94 bits per heavy atom. The Bertz CT molecular complexity index is 550. The van der Waals surface area contributed by atoms with Crippen molar-refractivity contribution in [3.63, 3.8) is 0 Å². The molecule has 2 aromatic rings. The van der Waals surface area contributed by atoms with Crippen molar-refractivity contribution in [1.82, 2.24) is 9.97 Å². The second-order valence-electron chi connectivity index (χ2n) is 3.80. The van der Waals surface area contributed by atoms with Gasteiger partial charge in [0.2, 0.25) is 5.95 Å². The molecule has 0 fully saturated rings. The van der Waals surface area contributed by atoms with Gasteiger partial charge >= 0.3 is 0 Å². The fourth-order valence-electron chi connectivity index (χ4n) is 1.58. The lowest BCUT2D eigenvalue weighted by Crippen LogP contribution is -2.04. The summed E-state index contributed by atoms with van der Waals surface area (Å²) >= 11 is 0. The van der Waals surface area contributed by atoms with Crippen LogP contribution >= 0.6 is 0 Å². The van der Waals surface area contributed by atoms with Crippen LogP contribution < -0.4 is 16.4 Å². The smallest absolute Gasteiger partial charge is 0.223 e. The number of aryl methyl sites for hydroxylation is 1. The van der Waals surface area contributed by atoms with Crippen LogP contribution in [0.3, 0.4) is 0 Å². The second kappa shape index (κ2) is 4.87. The lowest BCUT2D eigenvalue weighted by atomic mass is 10.2. The minimum Gasteiger partial charge on any atom is -0.373 e. The number of nitrogen functional groups attached to an aromatic ring is 1. The van der Waals surface area contributed by atoms with Gasteiger partial charge in [0.05, 0.1) is 5.69 Å². The molecule has 0 atom stereocenters. The fraction of sp³-hybridized carbons (Fsp3) is 0.167. The van der Waals surface area contributed by atoms with Crippen molar-refractivity contribution in [2.45, 2.75) is 6.92 Å². The highest BCUT2D eigenvalue weighted by atomic mass is 19.1. The minimum absolute atomic E-state index is 0.123. The third-order valence-electron chi connectivity index (χ3n) is 2.47. The molecule has 4 N–H and O–H groups in total. The van der Waals surface area contributed by atoms with E-state index < -0.39 is 0 Å². The number of aromatic nitrogens is 2. The van der Waals surface area contributed by atoms with E-state index in [1.54, 1.807) is 19.2 Å². The predicted octanol–water partition coefficient (Wildman–Crippen LogP) is 2.29. The summed E-state index contributed by atoms with van der Waals surface area (Å²) in [6, 6.07) is 6.51. The molecule has 0 unspecified atom stereocenters. The van der Waals surface area contributed by atoms with Crippen LogP contribution in [-0.4, -0.2) is 17.0 Å². The molecule has 18 heavy (non-hydrogen) atoms. The zero-order chi connectivity index (χ0) is 13.1. The third-order valence-corrected chi connectivity index (χ3v) is 2.47. The predicted molar refractivity (Wildman–Crippen MR) is 70.4 cm³/mol. The van der Waals surface area contributed by atoms with Gasteiger partial charge in [0.15, 0.2) is 0 Å². The summed E-state index contributed by atoms with van der Waals surface area (Å²) < 4.78 is 13.7. The summed E-state index contributed by atoms with van der Waals surface area (Å²) in [5.41, 5.74) is 6.75. The van der Waals surface area contributed by atoms with Crippen molar-refractivity contribution >= 4 is 23.3 Å². The second-order valence-corrected chi connectivity index (χ2v) is 3.80. The summed E-state index contributed by atoms with van der Waals surface area (Å²) in [6.07, 6.45) is 0. The molecule has 0 saturated heterocycles. The van der Waals surface area contributed by atoms with Crippen LogP contribution in [0, 0.1) is 12.7 Å². The van der Waals surface area contributed by atoms with Crippen LogP contribution in [0.15, 0.2) is 24.3 Å². The van der Waals surface area contributed by atoms with Crippen LogP contribution in [0.2, 0.25) is 0 Å². The summed E-state index contributed by atoms with van der Waals surface area (Å²) in [4.78, 5) is 7.97. The van der Waals surface area contributed by atoms with Gasteiger partial charge < -0.3 is 16.4 Å². The molecule has 0 aliphatic heterocycles. The molecule has 1 aromatic heterocycles. The van der Waals surface area contributed by atoms with Crippen molar-refractivity contribution in [3.05, 3.63) is 35.6 Å². The molecule has 1 heterocycles. The van der Waals surface area contributed by atoms with E-state index in [2.05, 4.69) is 20.6 Å². The van der Waals surface area contributed by atoms with E-state index in [9.17, 15) is 4.39 Å². The average Bonchev–Trinajstić information content (AvgIpc) is 2.33.